The second-order valence-electron chi connectivity index (χ2n) is 3.65. The number of rotatable bonds is 4. The van der Waals surface area contributed by atoms with Gasteiger partial charge < -0.3 is 15.2 Å². The molecule has 1 aromatic heterocycles. The van der Waals surface area contributed by atoms with Crippen LogP contribution in [0.25, 0.3) is 11.4 Å². The summed E-state index contributed by atoms with van der Waals surface area (Å²) in [6.45, 7) is 0.392. The van der Waals surface area contributed by atoms with Crippen molar-refractivity contribution in [1.82, 2.24) is 9.97 Å². The van der Waals surface area contributed by atoms with Crippen LogP contribution in [-0.2, 0) is 6.54 Å². The Morgan fingerprint density at radius 2 is 1.89 bits per heavy atom. The molecule has 0 bridgehead atoms. The molecule has 1 aromatic carbocycles. The van der Waals surface area contributed by atoms with Crippen LogP contribution in [0.15, 0.2) is 30.5 Å². The van der Waals surface area contributed by atoms with Gasteiger partial charge >= 0.3 is 0 Å². The minimum Gasteiger partial charge on any atom is -0.493 e. The monoisotopic (exact) mass is 245 g/mol. The molecule has 2 rings (SSSR count). The molecule has 0 aliphatic rings. The zero-order chi connectivity index (χ0) is 13.0. The van der Waals surface area contributed by atoms with Crippen molar-refractivity contribution in [3.63, 3.8) is 0 Å². The first-order valence-corrected chi connectivity index (χ1v) is 5.53. The van der Waals surface area contributed by atoms with Gasteiger partial charge in [0.15, 0.2) is 17.3 Å². The molecule has 5 nitrogen and oxygen atoms in total. The third-order valence-corrected chi connectivity index (χ3v) is 2.56. The Morgan fingerprint density at radius 1 is 1.11 bits per heavy atom. The molecular formula is C13H15N3O2. The molecule has 0 radical (unpaired) electrons. The van der Waals surface area contributed by atoms with Crippen LogP contribution in [0.3, 0.4) is 0 Å². The molecule has 5 heteroatoms. The highest BCUT2D eigenvalue weighted by atomic mass is 16.5. The number of hydrogen-bond acceptors (Lipinski definition) is 5. The van der Waals surface area contributed by atoms with E-state index in [0.29, 0.717) is 23.9 Å². The van der Waals surface area contributed by atoms with E-state index in [2.05, 4.69) is 9.97 Å². The fourth-order valence-corrected chi connectivity index (χ4v) is 1.62. The summed E-state index contributed by atoms with van der Waals surface area (Å²) in [7, 11) is 3.20. The standard InChI is InChI=1S/C13H15N3O2/c1-17-11-4-3-9(7-12(11)18-2)13-15-6-5-10(8-14)16-13/h3-7H,8,14H2,1-2H3. The van der Waals surface area contributed by atoms with Gasteiger partial charge in [0.1, 0.15) is 0 Å². The fourth-order valence-electron chi connectivity index (χ4n) is 1.62. The minimum atomic E-state index is 0.392. The molecule has 0 atom stereocenters. The molecule has 18 heavy (non-hydrogen) atoms. The number of nitrogens with two attached hydrogens (primary N) is 1. The van der Waals surface area contributed by atoms with Crippen LogP contribution < -0.4 is 15.2 Å². The fraction of sp³-hybridized carbons (Fsp3) is 0.231. The number of nitrogens with zero attached hydrogens (tertiary/aromatic N) is 2. The van der Waals surface area contributed by atoms with Crippen molar-refractivity contribution < 1.29 is 9.47 Å². The summed E-state index contributed by atoms with van der Waals surface area (Å²) in [4.78, 5) is 8.59. The van der Waals surface area contributed by atoms with E-state index in [1.165, 1.54) is 0 Å². The lowest BCUT2D eigenvalue weighted by Crippen LogP contribution is -2.01. The highest BCUT2D eigenvalue weighted by Crippen LogP contribution is 2.30. The van der Waals surface area contributed by atoms with Crippen molar-refractivity contribution >= 4 is 0 Å². The predicted octanol–water partition coefficient (Wildman–Crippen LogP) is 1.62. The molecule has 0 spiro atoms. The molecule has 0 aliphatic heterocycles. The van der Waals surface area contributed by atoms with Gasteiger partial charge in [-0.25, -0.2) is 9.97 Å². The van der Waals surface area contributed by atoms with Gasteiger partial charge in [0.25, 0.3) is 0 Å². The van der Waals surface area contributed by atoms with Crippen molar-refractivity contribution in [1.29, 1.82) is 0 Å². The number of benzene rings is 1. The quantitative estimate of drug-likeness (QED) is 0.886. The van der Waals surface area contributed by atoms with Crippen LogP contribution in [-0.4, -0.2) is 24.2 Å². The van der Waals surface area contributed by atoms with Gasteiger partial charge in [-0.05, 0) is 24.3 Å². The average molecular weight is 245 g/mol. The second kappa shape index (κ2) is 5.46. The zero-order valence-corrected chi connectivity index (χ0v) is 10.4. The first-order valence-electron chi connectivity index (χ1n) is 5.53. The van der Waals surface area contributed by atoms with Crippen LogP contribution in [0.2, 0.25) is 0 Å². The Hall–Kier alpha value is -2.14. The van der Waals surface area contributed by atoms with Crippen molar-refractivity contribution in [2.24, 2.45) is 5.73 Å². The predicted molar refractivity (Wildman–Crippen MR) is 68.5 cm³/mol. The smallest absolute Gasteiger partial charge is 0.161 e. The maximum Gasteiger partial charge on any atom is 0.161 e. The van der Waals surface area contributed by atoms with Crippen LogP contribution >= 0.6 is 0 Å². The molecule has 0 aliphatic carbocycles. The molecule has 0 saturated heterocycles. The van der Waals surface area contributed by atoms with Crippen molar-refractivity contribution in [3.8, 4) is 22.9 Å². The third-order valence-electron chi connectivity index (χ3n) is 2.56. The van der Waals surface area contributed by atoms with Crippen LogP contribution in [0, 0.1) is 0 Å². The van der Waals surface area contributed by atoms with E-state index in [-0.39, 0.29) is 0 Å². The van der Waals surface area contributed by atoms with E-state index in [1.807, 2.05) is 18.2 Å². The summed E-state index contributed by atoms with van der Waals surface area (Å²) in [6, 6.07) is 7.35. The summed E-state index contributed by atoms with van der Waals surface area (Å²) < 4.78 is 10.4. The van der Waals surface area contributed by atoms with E-state index >= 15 is 0 Å². The normalized spacial score (nSPS) is 10.2. The van der Waals surface area contributed by atoms with Crippen LogP contribution in [0.5, 0.6) is 11.5 Å². The Kier molecular flexibility index (Phi) is 3.74. The van der Waals surface area contributed by atoms with Crippen LogP contribution in [0.4, 0.5) is 0 Å². The summed E-state index contributed by atoms with van der Waals surface area (Å²) in [5.74, 6) is 1.95. The summed E-state index contributed by atoms with van der Waals surface area (Å²) in [5, 5.41) is 0. The number of methoxy groups -OCH3 is 2. The molecular weight excluding hydrogens is 230 g/mol. The van der Waals surface area contributed by atoms with E-state index in [0.717, 1.165) is 11.3 Å². The highest BCUT2D eigenvalue weighted by Gasteiger charge is 2.08. The van der Waals surface area contributed by atoms with Gasteiger partial charge in [-0.1, -0.05) is 0 Å². The molecule has 2 N–H and O–H groups in total. The topological polar surface area (TPSA) is 70.3 Å². The zero-order valence-electron chi connectivity index (χ0n) is 10.4. The number of ether oxygens (including phenoxy) is 2. The molecule has 0 fully saturated rings. The van der Waals surface area contributed by atoms with Crippen molar-refractivity contribution in [3.05, 3.63) is 36.2 Å². The van der Waals surface area contributed by atoms with Crippen molar-refractivity contribution in [2.75, 3.05) is 14.2 Å². The van der Waals surface area contributed by atoms with Gasteiger partial charge in [-0.3, -0.25) is 0 Å². The largest absolute Gasteiger partial charge is 0.493 e. The van der Waals surface area contributed by atoms with E-state index in [4.69, 9.17) is 15.2 Å². The Labute approximate surface area is 106 Å². The maximum absolute atomic E-state index is 5.56. The third kappa shape index (κ3) is 2.41. The van der Waals surface area contributed by atoms with E-state index < -0.39 is 0 Å². The van der Waals surface area contributed by atoms with E-state index in [9.17, 15) is 0 Å². The molecule has 0 saturated carbocycles. The minimum absolute atomic E-state index is 0.392. The SMILES string of the molecule is COc1ccc(-c2nccc(CN)n2)cc1OC. The highest BCUT2D eigenvalue weighted by molar-refractivity contribution is 5.61. The number of aromatic nitrogens is 2. The Balaban J connectivity index is 2.43. The summed E-state index contributed by atoms with van der Waals surface area (Å²) in [6.07, 6.45) is 1.70. The number of hydrogen-bond donors (Lipinski definition) is 1. The van der Waals surface area contributed by atoms with Crippen LogP contribution in [0.1, 0.15) is 5.69 Å². The van der Waals surface area contributed by atoms with Gasteiger partial charge in [0.05, 0.1) is 19.9 Å². The van der Waals surface area contributed by atoms with Gasteiger partial charge in [-0.2, -0.15) is 0 Å². The summed E-state index contributed by atoms with van der Waals surface area (Å²) in [5.41, 5.74) is 7.23. The lowest BCUT2D eigenvalue weighted by molar-refractivity contribution is 0.355. The molecule has 2 aromatic rings. The second-order valence-corrected chi connectivity index (χ2v) is 3.65. The molecule has 0 unspecified atom stereocenters. The van der Waals surface area contributed by atoms with E-state index in [1.54, 1.807) is 26.5 Å². The lowest BCUT2D eigenvalue weighted by atomic mass is 10.2. The molecule has 1 heterocycles. The summed E-state index contributed by atoms with van der Waals surface area (Å²) >= 11 is 0. The molecule has 94 valence electrons. The first kappa shape index (κ1) is 12.3. The van der Waals surface area contributed by atoms with Gasteiger partial charge in [0, 0.05) is 18.3 Å². The van der Waals surface area contributed by atoms with Gasteiger partial charge in [-0.15, -0.1) is 0 Å². The average Bonchev–Trinajstić information content (AvgIpc) is 2.46. The maximum atomic E-state index is 5.56. The Bertz CT molecular complexity index is 544. The Morgan fingerprint density at radius 3 is 2.56 bits per heavy atom. The first-order chi connectivity index (χ1) is 8.78. The molecule has 0 amide bonds. The lowest BCUT2D eigenvalue weighted by Gasteiger charge is -2.09. The van der Waals surface area contributed by atoms with Crippen molar-refractivity contribution in [2.45, 2.75) is 6.54 Å². The van der Waals surface area contributed by atoms with Gasteiger partial charge in [0.2, 0.25) is 0 Å².